The zero-order valence-electron chi connectivity index (χ0n) is 10.9. The van der Waals surface area contributed by atoms with Crippen LogP contribution in [0.25, 0.3) is 5.65 Å². The van der Waals surface area contributed by atoms with Gasteiger partial charge in [0.05, 0.1) is 17.3 Å². The molecule has 0 saturated carbocycles. The molecule has 0 aliphatic rings. The van der Waals surface area contributed by atoms with Crippen molar-refractivity contribution in [3.63, 3.8) is 0 Å². The van der Waals surface area contributed by atoms with Crippen LogP contribution in [0.15, 0.2) is 47.2 Å². The SMILES string of the molecule is Cc1cc(Br)ccc1NCc1cn2cc(Cl)ccc2n1. The Kier molecular flexibility index (Phi) is 3.68. The lowest BCUT2D eigenvalue weighted by Crippen LogP contribution is -2.01. The Hall–Kier alpha value is -1.52. The van der Waals surface area contributed by atoms with Crippen LogP contribution in [0.2, 0.25) is 5.02 Å². The number of nitrogens with zero attached hydrogens (tertiary/aromatic N) is 2. The van der Waals surface area contributed by atoms with Gasteiger partial charge in [0, 0.05) is 22.6 Å². The van der Waals surface area contributed by atoms with Gasteiger partial charge in [-0.05, 0) is 42.8 Å². The quantitative estimate of drug-likeness (QED) is 0.743. The molecule has 3 nitrogen and oxygen atoms in total. The second-order valence-electron chi connectivity index (χ2n) is 4.66. The van der Waals surface area contributed by atoms with Gasteiger partial charge in [-0.1, -0.05) is 27.5 Å². The molecule has 0 bridgehead atoms. The van der Waals surface area contributed by atoms with Crippen LogP contribution in [0.4, 0.5) is 5.69 Å². The number of nitrogens with one attached hydrogen (secondary N) is 1. The Balaban J connectivity index is 1.79. The summed E-state index contributed by atoms with van der Waals surface area (Å²) in [5, 5.41) is 4.11. The zero-order chi connectivity index (χ0) is 14.1. The van der Waals surface area contributed by atoms with Gasteiger partial charge in [0.1, 0.15) is 5.65 Å². The van der Waals surface area contributed by atoms with E-state index in [-0.39, 0.29) is 0 Å². The molecule has 0 unspecified atom stereocenters. The largest absolute Gasteiger partial charge is 0.379 e. The summed E-state index contributed by atoms with van der Waals surface area (Å²) in [5.41, 5.74) is 4.20. The van der Waals surface area contributed by atoms with E-state index >= 15 is 0 Å². The molecule has 1 aromatic carbocycles. The van der Waals surface area contributed by atoms with E-state index in [4.69, 9.17) is 11.6 Å². The van der Waals surface area contributed by atoms with Gasteiger partial charge in [-0.15, -0.1) is 0 Å². The van der Waals surface area contributed by atoms with Gasteiger partial charge in [-0.3, -0.25) is 0 Å². The van der Waals surface area contributed by atoms with Crippen LogP contribution in [0.5, 0.6) is 0 Å². The smallest absolute Gasteiger partial charge is 0.137 e. The average Bonchev–Trinajstić information content (AvgIpc) is 2.79. The second kappa shape index (κ2) is 5.46. The number of halogens is 2. The van der Waals surface area contributed by atoms with Gasteiger partial charge in [0.25, 0.3) is 0 Å². The lowest BCUT2D eigenvalue weighted by atomic mass is 10.2. The minimum Gasteiger partial charge on any atom is -0.379 e. The van der Waals surface area contributed by atoms with Gasteiger partial charge in [0.2, 0.25) is 0 Å². The summed E-state index contributed by atoms with van der Waals surface area (Å²) in [6, 6.07) is 9.94. The van der Waals surface area contributed by atoms with Crippen LogP contribution >= 0.6 is 27.5 Å². The number of anilines is 1. The molecule has 2 heterocycles. The highest BCUT2D eigenvalue weighted by Crippen LogP contribution is 2.20. The fourth-order valence-electron chi connectivity index (χ4n) is 2.11. The summed E-state index contributed by atoms with van der Waals surface area (Å²) >= 11 is 9.43. The maximum Gasteiger partial charge on any atom is 0.137 e. The summed E-state index contributed by atoms with van der Waals surface area (Å²) < 4.78 is 3.02. The molecule has 3 rings (SSSR count). The number of rotatable bonds is 3. The monoisotopic (exact) mass is 349 g/mol. The molecule has 0 radical (unpaired) electrons. The van der Waals surface area contributed by atoms with Crippen molar-refractivity contribution in [1.29, 1.82) is 0 Å². The molecule has 0 spiro atoms. The molecule has 0 aliphatic carbocycles. The first-order chi connectivity index (χ1) is 9.61. The molecule has 5 heteroatoms. The van der Waals surface area contributed by atoms with E-state index in [0.717, 1.165) is 21.5 Å². The molecule has 1 N–H and O–H groups in total. The van der Waals surface area contributed by atoms with Crippen molar-refractivity contribution in [2.45, 2.75) is 13.5 Å². The first-order valence-electron chi connectivity index (χ1n) is 6.25. The van der Waals surface area contributed by atoms with Crippen molar-refractivity contribution in [2.24, 2.45) is 0 Å². The number of benzene rings is 1. The fraction of sp³-hybridized carbons (Fsp3) is 0.133. The molecular formula is C15H13BrClN3. The minimum atomic E-state index is 0.682. The van der Waals surface area contributed by atoms with Crippen LogP contribution in [0.1, 0.15) is 11.3 Å². The Bertz CT molecular complexity index is 767. The fourth-order valence-corrected chi connectivity index (χ4v) is 2.76. The molecular weight excluding hydrogens is 338 g/mol. The van der Waals surface area contributed by atoms with E-state index in [0.29, 0.717) is 11.6 Å². The number of hydrogen-bond acceptors (Lipinski definition) is 2. The van der Waals surface area contributed by atoms with E-state index in [1.807, 2.05) is 35.0 Å². The predicted molar refractivity (Wildman–Crippen MR) is 86.4 cm³/mol. The van der Waals surface area contributed by atoms with Crippen LogP contribution in [-0.4, -0.2) is 9.38 Å². The maximum absolute atomic E-state index is 5.97. The van der Waals surface area contributed by atoms with Gasteiger partial charge in [0.15, 0.2) is 0 Å². The molecule has 20 heavy (non-hydrogen) atoms. The van der Waals surface area contributed by atoms with Crippen molar-refractivity contribution in [3.05, 3.63) is 63.5 Å². The van der Waals surface area contributed by atoms with E-state index in [2.05, 4.69) is 45.3 Å². The topological polar surface area (TPSA) is 29.3 Å². The van der Waals surface area contributed by atoms with Gasteiger partial charge < -0.3 is 9.72 Å². The Morgan fingerprint density at radius 2 is 2.10 bits per heavy atom. The number of imidazole rings is 1. The standard InChI is InChI=1S/C15H13BrClN3/c1-10-6-11(16)2-4-14(10)18-7-13-9-20-8-12(17)3-5-15(20)19-13/h2-6,8-9,18H,7H2,1H3. The highest BCUT2D eigenvalue weighted by atomic mass is 79.9. The number of aryl methyl sites for hydroxylation is 1. The summed E-state index contributed by atoms with van der Waals surface area (Å²) in [5.74, 6) is 0. The van der Waals surface area contributed by atoms with Crippen LogP contribution in [0.3, 0.4) is 0 Å². The normalized spacial score (nSPS) is 10.9. The third kappa shape index (κ3) is 2.81. The molecule has 0 saturated heterocycles. The lowest BCUT2D eigenvalue weighted by Gasteiger charge is -2.08. The van der Waals surface area contributed by atoms with Crippen molar-refractivity contribution in [3.8, 4) is 0 Å². The van der Waals surface area contributed by atoms with Crippen LogP contribution in [0, 0.1) is 6.92 Å². The third-order valence-electron chi connectivity index (χ3n) is 3.11. The van der Waals surface area contributed by atoms with Gasteiger partial charge in [-0.25, -0.2) is 4.98 Å². The molecule has 0 atom stereocenters. The highest BCUT2D eigenvalue weighted by molar-refractivity contribution is 9.10. The minimum absolute atomic E-state index is 0.682. The molecule has 2 aromatic heterocycles. The molecule has 0 amide bonds. The molecule has 102 valence electrons. The first-order valence-corrected chi connectivity index (χ1v) is 7.42. The van der Waals surface area contributed by atoms with E-state index < -0.39 is 0 Å². The molecule has 0 fully saturated rings. The number of hydrogen-bond donors (Lipinski definition) is 1. The Labute approximate surface area is 130 Å². The van der Waals surface area contributed by atoms with Gasteiger partial charge >= 0.3 is 0 Å². The van der Waals surface area contributed by atoms with Crippen molar-refractivity contribution in [1.82, 2.24) is 9.38 Å². The number of aromatic nitrogens is 2. The van der Waals surface area contributed by atoms with E-state index in [9.17, 15) is 0 Å². The Morgan fingerprint density at radius 3 is 2.90 bits per heavy atom. The van der Waals surface area contributed by atoms with Crippen LogP contribution in [-0.2, 0) is 6.54 Å². The van der Waals surface area contributed by atoms with Crippen molar-refractivity contribution >= 4 is 38.9 Å². The third-order valence-corrected chi connectivity index (χ3v) is 3.83. The summed E-state index contributed by atoms with van der Waals surface area (Å²) in [6.07, 6.45) is 3.85. The number of pyridine rings is 1. The Morgan fingerprint density at radius 1 is 1.25 bits per heavy atom. The summed E-state index contributed by atoms with van der Waals surface area (Å²) in [6.45, 7) is 2.76. The van der Waals surface area contributed by atoms with Crippen molar-refractivity contribution < 1.29 is 0 Å². The highest BCUT2D eigenvalue weighted by Gasteiger charge is 2.03. The summed E-state index contributed by atoms with van der Waals surface area (Å²) in [7, 11) is 0. The van der Waals surface area contributed by atoms with Gasteiger partial charge in [-0.2, -0.15) is 0 Å². The second-order valence-corrected chi connectivity index (χ2v) is 6.01. The summed E-state index contributed by atoms with van der Waals surface area (Å²) in [4.78, 5) is 4.55. The van der Waals surface area contributed by atoms with Crippen molar-refractivity contribution in [2.75, 3.05) is 5.32 Å². The average molecular weight is 351 g/mol. The lowest BCUT2D eigenvalue weighted by molar-refractivity contribution is 1.07. The maximum atomic E-state index is 5.97. The zero-order valence-corrected chi connectivity index (χ0v) is 13.2. The predicted octanol–water partition coefficient (Wildman–Crippen LogP) is 4.67. The van der Waals surface area contributed by atoms with E-state index in [1.54, 1.807) is 0 Å². The first kappa shape index (κ1) is 13.5. The van der Waals surface area contributed by atoms with E-state index in [1.165, 1.54) is 5.56 Å². The van der Waals surface area contributed by atoms with Crippen LogP contribution < -0.4 is 5.32 Å². The molecule has 3 aromatic rings. The molecule has 0 aliphatic heterocycles. The number of fused-ring (bicyclic) bond motifs is 1.